The second-order valence-corrected chi connectivity index (χ2v) is 6.42. The SMILES string of the molecule is CNC1CCCCC1CN1CCN(c2ccccn2)CC1. The van der Waals surface area contributed by atoms with E-state index >= 15 is 0 Å². The number of nitrogens with zero attached hydrogens (tertiary/aromatic N) is 3. The van der Waals surface area contributed by atoms with E-state index in [9.17, 15) is 0 Å². The van der Waals surface area contributed by atoms with Gasteiger partial charge in [-0.2, -0.15) is 0 Å². The second-order valence-electron chi connectivity index (χ2n) is 6.42. The van der Waals surface area contributed by atoms with Crippen molar-refractivity contribution in [2.75, 3.05) is 44.7 Å². The summed E-state index contributed by atoms with van der Waals surface area (Å²) >= 11 is 0. The van der Waals surface area contributed by atoms with Gasteiger partial charge in [0.25, 0.3) is 0 Å². The Hall–Kier alpha value is -1.13. The smallest absolute Gasteiger partial charge is 0.128 e. The Bertz CT molecular complexity index is 414. The second kappa shape index (κ2) is 7.23. The predicted molar refractivity (Wildman–Crippen MR) is 87.7 cm³/mol. The maximum absolute atomic E-state index is 4.47. The van der Waals surface area contributed by atoms with Gasteiger partial charge in [-0.05, 0) is 37.9 Å². The molecule has 1 aromatic heterocycles. The van der Waals surface area contributed by atoms with E-state index in [0.717, 1.165) is 30.9 Å². The maximum atomic E-state index is 4.47. The minimum Gasteiger partial charge on any atom is -0.354 e. The van der Waals surface area contributed by atoms with Crippen LogP contribution in [0.3, 0.4) is 0 Å². The Labute approximate surface area is 128 Å². The van der Waals surface area contributed by atoms with Crippen molar-refractivity contribution in [3.8, 4) is 0 Å². The van der Waals surface area contributed by atoms with Crippen molar-refractivity contribution >= 4 is 5.82 Å². The number of piperazine rings is 1. The van der Waals surface area contributed by atoms with Gasteiger partial charge in [-0.25, -0.2) is 4.98 Å². The summed E-state index contributed by atoms with van der Waals surface area (Å²) in [5, 5.41) is 3.53. The molecule has 2 atom stereocenters. The predicted octanol–water partition coefficient (Wildman–Crippen LogP) is 1.98. The molecule has 116 valence electrons. The minimum absolute atomic E-state index is 0.729. The molecular formula is C17H28N4. The fraction of sp³-hybridized carbons (Fsp3) is 0.706. The zero-order chi connectivity index (χ0) is 14.5. The molecule has 4 nitrogen and oxygen atoms in total. The third-order valence-electron chi connectivity index (χ3n) is 5.12. The van der Waals surface area contributed by atoms with Gasteiger partial charge in [0, 0.05) is 45.0 Å². The third kappa shape index (κ3) is 3.74. The number of nitrogens with one attached hydrogen (secondary N) is 1. The van der Waals surface area contributed by atoms with E-state index in [1.54, 1.807) is 0 Å². The van der Waals surface area contributed by atoms with Gasteiger partial charge in [0.15, 0.2) is 0 Å². The van der Waals surface area contributed by atoms with Crippen molar-refractivity contribution < 1.29 is 0 Å². The first-order valence-corrected chi connectivity index (χ1v) is 8.42. The van der Waals surface area contributed by atoms with Crippen LogP contribution in [0.4, 0.5) is 5.82 Å². The summed E-state index contributed by atoms with van der Waals surface area (Å²) in [7, 11) is 2.13. The van der Waals surface area contributed by atoms with Crippen LogP contribution < -0.4 is 10.2 Å². The monoisotopic (exact) mass is 288 g/mol. The summed E-state index contributed by atoms with van der Waals surface area (Å²) in [6, 6.07) is 6.91. The van der Waals surface area contributed by atoms with Gasteiger partial charge >= 0.3 is 0 Å². The summed E-state index contributed by atoms with van der Waals surface area (Å²) < 4.78 is 0. The lowest BCUT2D eigenvalue weighted by Crippen LogP contribution is -2.50. The molecule has 1 saturated heterocycles. The van der Waals surface area contributed by atoms with Crippen LogP contribution >= 0.6 is 0 Å². The van der Waals surface area contributed by atoms with Crippen LogP contribution in [-0.2, 0) is 0 Å². The molecule has 1 saturated carbocycles. The normalized spacial score (nSPS) is 27.8. The van der Waals surface area contributed by atoms with Gasteiger partial charge in [0.2, 0.25) is 0 Å². The van der Waals surface area contributed by atoms with Gasteiger partial charge in [0.05, 0.1) is 0 Å². The number of rotatable bonds is 4. The van der Waals surface area contributed by atoms with Crippen molar-refractivity contribution in [3.05, 3.63) is 24.4 Å². The summed E-state index contributed by atoms with van der Waals surface area (Å²) in [6.07, 6.45) is 7.45. The fourth-order valence-corrected chi connectivity index (χ4v) is 3.84. The molecule has 2 aliphatic rings. The van der Waals surface area contributed by atoms with E-state index in [4.69, 9.17) is 0 Å². The summed E-state index contributed by atoms with van der Waals surface area (Å²) in [5.74, 6) is 1.97. The molecule has 4 heteroatoms. The molecule has 21 heavy (non-hydrogen) atoms. The Morgan fingerprint density at radius 3 is 2.67 bits per heavy atom. The Morgan fingerprint density at radius 1 is 1.14 bits per heavy atom. The summed E-state index contributed by atoms with van der Waals surface area (Å²) in [4.78, 5) is 9.53. The molecule has 2 fully saturated rings. The Morgan fingerprint density at radius 2 is 1.95 bits per heavy atom. The first-order chi connectivity index (χ1) is 10.4. The lowest BCUT2D eigenvalue weighted by Gasteiger charge is -2.40. The topological polar surface area (TPSA) is 31.4 Å². The number of aromatic nitrogens is 1. The number of anilines is 1. The summed E-state index contributed by atoms with van der Waals surface area (Å²) in [6.45, 7) is 5.82. The standard InChI is InChI=1S/C17H28N4/c1-18-16-7-3-2-6-15(16)14-20-10-12-21(13-11-20)17-8-4-5-9-19-17/h4-5,8-9,15-16,18H,2-3,6-7,10-14H2,1H3. The van der Waals surface area contributed by atoms with Crippen LogP contribution in [0, 0.1) is 5.92 Å². The molecule has 0 radical (unpaired) electrons. The minimum atomic E-state index is 0.729. The summed E-state index contributed by atoms with van der Waals surface area (Å²) in [5.41, 5.74) is 0. The van der Waals surface area contributed by atoms with Gasteiger partial charge in [-0.15, -0.1) is 0 Å². The van der Waals surface area contributed by atoms with Crippen LogP contribution in [0.15, 0.2) is 24.4 Å². The molecule has 1 aromatic rings. The Balaban J connectivity index is 1.49. The average molecular weight is 288 g/mol. The Kier molecular flexibility index (Phi) is 5.09. The molecule has 2 heterocycles. The highest BCUT2D eigenvalue weighted by atomic mass is 15.3. The van der Waals surface area contributed by atoms with Crippen molar-refractivity contribution in [1.29, 1.82) is 0 Å². The van der Waals surface area contributed by atoms with Gasteiger partial charge in [-0.3, -0.25) is 4.90 Å². The van der Waals surface area contributed by atoms with Gasteiger partial charge in [0.1, 0.15) is 5.82 Å². The zero-order valence-electron chi connectivity index (χ0n) is 13.2. The molecule has 0 amide bonds. The molecule has 0 spiro atoms. The number of hydrogen-bond donors (Lipinski definition) is 1. The molecule has 0 aromatic carbocycles. The van der Waals surface area contributed by atoms with Gasteiger partial charge < -0.3 is 10.2 Å². The van der Waals surface area contributed by atoms with Crippen molar-refractivity contribution in [3.63, 3.8) is 0 Å². The van der Waals surface area contributed by atoms with Crippen molar-refractivity contribution in [2.45, 2.75) is 31.7 Å². The lowest BCUT2D eigenvalue weighted by molar-refractivity contribution is 0.165. The van der Waals surface area contributed by atoms with E-state index in [-0.39, 0.29) is 0 Å². The van der Waals surface area contributed by atoms with Crippen LogP contribution in [0.2, 0.25) is 0 Å². The lowest BCUT2D eigenvalue weighted by atomic mass is 9.84. The maximum Gasteiger partial charge on any atom is 0.128 e. The first kappa shape index (κ1) is 14.8. The van der Waals surface area contributed by atoms with Crippen LogP contribution in [-0.4, -0.2) is 55.7 Å². The first-order valence-electron chi connectivity index (χ1n) is 8.42. The fourth-order valence-electron chi connectivity index (χ4n) is 3.84. The highest BCUT2D eigenvalue weighted by Gasteiger charge is 2.27. The van der Waals surface area contributed by atoms with Crippen LogP contribution in [0.1, 0.15) is 25.7 Å². The molecule has 1 aliphatic carbocycles. The highest BCUT2D eigenvalue weighted by molar-refractivity contribution is 5.38. The van der Waals surface area contributed by atoms with E-state index in [1.165, 1.54) is 45.3 Å². The highest BCUT2D eigenvalue weighted by Crippen LogP contribution is 2.25. The van der Waals surface area contributed by atoms with Crippen molar-refractivity contribution in [2.24, 2.45) is 5.92 Å². The zero-order valence-corrected chi connectivity index (χ0v) is 13.2. The molecule has 1 N–H and O–H groups in total. The van der Waals surface area contributed by atoms with Crippen molar-refractivity contribution in [1.82, 2.24) is 15.2 Å². The van der Waals surface area contributed by atoms with Crippen LogP contribution in [0.5, 0.6) is 0 Å². The van der Waals surface area contributed by atoms with E-state index < -0.39 is 0 Å². The van der Waals surface area contributed by atoms with Crippen LogP contribution in [0.25, 0.3) is 0 Å². The van der Waals surface area contributed by atoms with Gasteiger partial charge in [-0.1, -0.05) is 18.9 Å². The molecule has 1 aliphatic heterocycles. The van der Waals surface area contributed by atoms with E-state index in [1.807, 2.05) is 12.3 Å². The quantitative estimate of drug-likeness (QED) is 0.918. The van der Waals surface area contributed by atoms with E-state index in [2.05, 4.69) is 39.3 Å². The number of pyridine rings is 1. The molecule has 3 rings (SSSR count). The molecule has 0 bridgehead atoms. The number of hydrogen-bond acceptors (Lipinski definition) is 4. The average Bonchev–Trinajstić information content (AvgIpc) is 2.57. The molecular weight excluding hydrogens is 260 g/mol. The molecule has 2 unspecified atom stereocenters. The largest absolute Gasteiger partial charge is 0.354 e. The van der Waals surface area contributed by atoms with E-state index in [0.29, 0.717) is 0 Å². The third-order valence-corrected chi connectivity index (χ3v) is 5.12.